The van der Waals surface area contributed by atoms with Crippen molar-refractivity contribution in [2.75, 3.05) is 13.7 Å². The standard InChI is InChI=1S/C26H27ClFNO5/c1-34-24-13-20-18(11-17(24)10-16-8-5-9-19(27)25(16)28)23(31)12-21(26(32)33)29(20)22(14-30)15-6-3-2-4-7-15/h5,8-9,11-13,15,22,30H,2-4,6-7,10,14H2,1H3,(H,32,33)/t22-/m1/s1. The van der Waals surface area contributed by atoms with Crippen molar-refractivity contribution >= 4 is 28.5 Å². The van der Waals surface area contributed by atoms with Gasteiger partial charge in [-0.25, -0.2) is 9.18 Å². The monoisotopic (exact) mass is 487 g/mol. The van der Waals surface area contributed by atoms with Crippen LogP contribution in [0.3, 0.4) is 0 Å². The summed E-state index contributed by atoms with van der Waals surface area (Å²) in [7, 11) is 1.47. The summed E-state index contributed by atoms with van der Waals surface area (Å²) in [4.78, 5) is 25.1. The maximum atomic E-state index is 14.5. The third-order valence-electron chi connectivity index (χ3n) is 6.80. The van der Waals surface area contributed by atoms with Crippen molar-refractivity contribution < 1.29 is 24.1 Å². The van der Waals surface area contributed by atoms with E-state index in [-0.39, 0.29) is 35.0 Å². The van der Waals surface area contributed by atoms with Gasteiger partial charge < -0.3 is 19.5 Å². The maximum Gasteiger partial charge on any atom is 0.352 e. The van der Waals surface area contributed by atoms with Gasteiger partial charge in [0.05, 0.1) is 30.3 Å². The van der Waals surface area contributed by atoms with Crippen LogP contribution in [-0.4, -0.2) is 34.5 Å². The number of nitrogens with zero attached hydrogens (tertiary/aromatic N) is 1. The molecule has 0 spiro atoms. The number of ether oxygens (including phenoxy) is 1. The van der Waals surface area contributed by atoms with Crippen LogP contribution in [0, 0.1) is 11.7 Å². The van der Waals surface area contributed by atoms with Crippen LogP contribution in [0.2, 0.25) is 5.02 Å². The second-order valence-electron chi connectivity index (χ2n) is 8.79. The zero-order valence-electron chi connectivity index (χ0n) is 18.9. The van der Waals surface area contributed by atoms with Crippen LogP contribution in [0.4, 0.5) is 4.39 Å². The van der Waals surface area contributed by atoms with E-state index in [0.717, 1.165) is 38.2 Å². The molecule has 8 heteroatoms. The predicted octanol–water partition coefficient (Wildman–Crippen LogP) is 5.21. The Bertz CT molecular complexity index is 1280. The molecule has 1 aliphatic carbocycles. The average molecular weight is 488 g/mol. The van der Waals surface area contributed by atoms with E-state index >= 15 is 0 Å². The lowest BCUT2D eigenvalue weighted by molar-refractivity contribution is 0.0671. The van der Waals surface area contributed by atoms with Crippen molar-refractivity contribution in [1.82, 2.24) is 4.57 Å². The first-order valence-electron chi connectivity index (χ1n) is 11.4. The number of carbonyl (C=O) groups is 1. The number of hydrogen-bond acceptors (Lipinski definition) is 4. The Labute approximate surface area is 201 Å². The lowest BCUT2D eigenvalue weighted by Gasteiger charge is -2.33. The second-order valence-corrected chi connectivity index (χ2v) is 9.20. The van der Waals surface area contributed by atoms with Gasteiger partial charge in [0.1, 0.15) is 17.3 Å². The molecule has 0 radical (unpaired) electrons. The van der Waals surface area contributed by atoms with Gasteiger partial charge in [-0.3, -0.25) is 4.79 Å². The Morgan fingerprint density at radius 2 is 1.94 bits per heavy atom. The van der Waals surface area contributed by atoms with Crippen molar-refractivity contribution in [2.24, 2.45) is 5.92 Å². The van der Waals surface area contributed by atoms with Crippen molar-refractivity contribution in [3.63, 3.8) is 0 Å². The van der Waals surface area contributed by atoms with Crippen molar-refractivity contribution in [3.05, 3.63) is 74.3 Å². The van der Waals surface area contributed by atoms with E-state index in [4.69, 9.17) is 16.3 Å². The molecule has 1 fully saturated rings. The van der Waals surface area contributed by atoms with E-state index in [1.54, 1.807) is 28.8 Å². The number of aliphatic hydroxyl groups is 1. The summed E-state index contributed by atoms with van der Waals surface area (Å²) in [6, 6.07) is 8.57. The van der Waals surface area contributed by atoms with E-state index in [1.165, 1.54) is 13.2 Å². The first-order chi connectivity index (χ1) is 16.3. The van der Waals surface area contributed by atoms with Crippen LogP contribution in [0.5, 0.6) is 5.75 Å². The summed E-state index contributed by atoms with van der Waals surface area (Å²) in [5.74, 6) is -1.29. The largest absolute Gasteiger partial charge is 0.496 e. The minimum absolute atomic E-state index is 0.00369. The molecule has 0 saturated heterocycles. The summed E-state index contributed by atoms with van der Waals surface area (Å²) < 4.78 is 21.7. The highest BCUT2D eigenvalue weighted by atomic mass is 35.5. The Hall–Kier alpha value is -2.90. The molecule has 1 aliphatic rings. The number of benzene rings is 2. The number of carboxylic acid groups (broad SMARTS) is 1. The highest BCUT2D eigenvalue weighted by molar-refractivity contribution is 6.30. The molecule has 0 bridgehead atoms. The quantitative estimate of drug-likeness (QED) is 0.478. The number of pyridine rings is 1. The van der Waals surface area contributed by atoms with Crippen LogP contribution in [-0.2, 0) is 6.42 Å². The molecule has 0 amide bonds. The molecule has 1 saturated carbocycles. The molecule has 0 aliphatic heterocycles. The molecular formula is C26H27ClFNO5. The number of methoxy groups -OCH3 is 1. The predicted molar refractivity (Wildman–Crippen MR) is 129 cm³/mol. The van der Waals surface area contributed by atoms with Crippen molar-refractivity contribution in [3.8, 4) is 5.75 Å². The number of fused-ring (bicyclic) bond motifs is 1. The number of aliphatic hydroxyl groups excluding tert-OH is 1. The Balaban J connectivity index is 1.93. The fourth-order valence-electron chi connectivity index (χ4n) is 5.11. The van der Waals surface area contributed by atoms with Crippen LogP contribution in [0.25, 0.3) is 10.9 Å². The van der Waals surface area contributed by atoms with Crippen molar-refractivity contribution in [1.29, 1.82) is 0 Å². The molecule has 1 heterocycles. The summed E-state index contributed by atoms with van der Waals surface area (Å²) in [5, 5.41) is 20.5. The first kappa shape index (κ1) is 24.2. The first-order valence-corrected chi connectivity index (χ1v) is 11.8. The minimum atomic E-state index is -1.24. The van der Waals surface area contributed by atoms with Gasteiger partial charge in [0, 0.05) is 23.9 Å². The van der Waals surface area contributed by atoms with Gasteiger partial charge in [-0.15, -0.1) is 0 Å². The number of hydrogen-bond donors (Lipinski definition) is 2. The topological polar surface area (TPSA) is 88.8 Å². The fraction of sp³-hybridized carbons (Fsp3) is 0.385. The summed E-state index contributed by atoms with van der Waals surface area (Å²) in [6.45, 7) is -0.249. The smallest absolute Gasteiger partial charge is 0.352 e. The molecule has 0 unspecified atom stereocenters. The molecule has 1 aromatic heterocycles. The molecule has 1 atom stereocenters. The van der Waals surface area contributed by atoms with E-state index < -0.39 is 23.3 Å². The molecule has 4 rings (SSSR count). The molecule has 6 nitrogen and oxygen atoms in total. The lowest BCUT2D eigenvalue weighted by atomic mass is 9.83. The lowest BCUT2D eigenvalue weighted by Crippen LogP contribution is -2.30. The SMILES string of the molecule is COc1cc2c(cc1Cc1cccc(Cl)c1F)c(=O)cc(C(=O)O)n2[C@H](CO)C1CCCCC1. The zero-order chi connectivity index (χ0) is 24.4. The summed E-state index contributed by atoms with van der Waals surface area (Å²) >= 11 is 5.93. The highest BCUT2D eigenvalue weighted by Crippen LogP contribution is 2.37. The van der Waals surface area contributed by atoms with Crippen LogP contribution >= 0.6 is 11.6 Å². The molecule has 3 aromatic rings. The van der Waals surface area contributed by atoms with Gasteiger partial charge >= 0.3 is 5.97 Å². The Morgan fingerprint density at radius 1 is 1.21 bits per heavy atom. The highest BCUT2D eigenvalue weighted by Gasteiger charge is 2.29. The van der Waals surface area contributed by atoms with Gasteiger partial charge in [-0.1, -0.05) is 43.0 Å². The Morgan fingerprint density at radius 3 is 2.59 bits per heavy atom. The number of aromatic carboxylic acids is 1. The maximum absolute atomic E-state index is 14.5. The van der Waals surface area contributed by atoms with E-state index in [2.05, 4.69) is 0 Å². The minimum Gasteiger partial charge on any atom is -0.496 e. The molecule has 34 heavy (non-hydrogen) atoms. The number of rotatable bonds is 7. The summed E-state index contributed by atoms with van der Waals surface area (Å²) in [6.07, 6.45) is 5.03. The Kier molecular flexibility index (Phi) is 7.24. The molecular weight excluding hydrogens is 461 g/mol. The van der Waals surface area contributed by atoms with Gasteiger partial charge in [0.2, 0.25) is 0 Å². The van der Waals surface area contributed by atoms with Gasteiger partial charge in [0.15, 0.2) is 5.43 Å². The molecule has 2 aromatic carbocycles. The average Bonchev–Trinajstić information content (AvgIpc) is 2.84. The summed E-state index contributed by atoms with van der Waals surface area (Å²) in [5.41, 5.74) is 0.670. The van der Waals surface area contributed by atoms with E-state index in [0.29, 0.717) is 22.4 Å². The van der Waals surface area contributed by atoms with Gasteiger partial charge in [-0.2, -0.15) is 0 Å². The fourth-order valence-corrected chi connectivity index (χ4v) is 5.31. The normalized spacial score (nSPS) is 15.4. The van der Waals surface area contributed by atoms with Crippen LogP contribution < -0.4 is 10.2 Å². The van der Waals surface area contributed by atoms with Crippen molar-refractivity contribution in [2.45, 2.75) is 44.6 Å². The number of carboxylic acids is 1. The van der Waals surface area contributed by atoms with Gasteiger partial charge in [-0.05, 0) is 42.0 Å². The number of aromatic nitrogens is 1. The van der Waals surface area contributed by atoms with Crippen LogP contribution in [0.15, 0.2) is 41.2 Å². The van der Waals surface area contributed by atoms with E-state index in [9.17, 15) is 24.2 Å². The van der Waals surface area contributed by atoms with E-state index in [1.807, 2.05) is 0 Å². The number of halogens is 2. The molecule has 180 valence electrons. The zero-order valence-corrected chi connectivity index (χ0v) is 19.6. The van der Waals surface area contributed by atoms with Crippen LogP contribution in [0.1, 0.15) is 59.8 Å². The van der Waals surface area contributed by atoms with Gasteiger partial charge in [0.25, 0.3) is 0 Å². The second kappa shape index (κ2) is 10.2. The third-order valence-corrected chi connectivity index (χ3v) is 7.09. The molecule has 2 N–H and O–H groups in total. The third kappa shape index (κ3) is 4.55.